The largest absolute Gasteiger partial charge is 0.342 e. The van der Waals surface area contributed by atoms with Crippen LogP contribution in [-0.4, -0.2) is 43.9 Å². The standard InChI is InChI=1S/C16H23N5O/c1-12-13(10-20(2)19-12)5-6-16(22)21-9-3-4-14(11-21)15-7-8-17-18-15/h7-8,10,14H,3-6,9,11H2,1-2H3,(H,17,18)/t14-/m0/s1. The minimum absolute atomic E-state index is 0.243. The summed E-state index contributed by atoms with van der Waals surface area (Å²) >= 11 is 0. The second-order valence-corrected chi connectivity index (χ2v) is 6.10. The summed E-state index contributed by atoms with van der Waals surface area (Å²) in [5.41, 5.74) is 3.32. The van der Waals surface area contributed by atoms with Gasteiger partial charge in [0.1, 0.15) is 0 Å². The molecule has 0 aromatic carbocycles. The smallest absolute Gasteiger partial charge is 0.222 e. The van der Waals surface area contributed by atoms with Crippen LogP contribution in [0, 0.1) is 6.92 Å². The van der Waals surface area contributed by atoms with E-state index in [-0.39, 0.29) is 5.91 Å². The summed E-state index contributed by atoms with van der Waals surface area (Å²) in [7, 11) is 1.91. The third-order valence-electron chi connectivity index (χ3n) is 4.46. The molecular weight excluding hydrogens is 278 g/mol. The number of amides is 1. The fourth-order valence-electron chi connectivity index (χ4n) is 3.25. The number of aromatic amines is 1. The van der Waals surface area contributed by atoms with Crippen molar-refractivity contribution in [2.75, 3.05) is 13.1 Å². The number of nitrogens with zero attached hydrogens (tertiary/aromatic N) is 4. The van der Waals surface area contributed by atoms with Crippen molar-refractivity contribution in [1.82, 2.24) is 24.9 Å². The minimum Gasteiger partial charge on any atom is -0.342 e. The molecule has 0 bridgehead atoms. The Morgan fingerprint density at radius 3 is 3.05 bits per heavy atom. The molecule has 3 heterocycles. The first-order valence-corrected chi connectivity index (χ1v) is 7.89. The molecule has 0 spiro atoms. The summed E-state index contributed by atoms with van der Waals surface area (Å²) in [6, 6.07) is 2.01. The quantitative estimate of drug-likeness (QED) is 0.936. The average Bonchev–Trinajstić information content (AvgIpc) is 3.15. The highest BCUT2D eigenvalue weighted by atomic mass is 16.2. The van der Waals surface area contributed by atoms with E-state index < -0.39 is 0 Å². The highest BCUT2D eigenvalue weighted by Crippen LogP contribution is 2.25. The number of H-pyrrole nitrogens is 1. The Morgan fingerprint density at radius 2 is 2.36 bits per heavy atom. The van der Waals surface area contributed by atoms with Crippen LogP contribution in [0.15, 0.2) is 18.5 Å². The molecule has 1 aliphatic rings. The van der Waals surface area contributed by atoms with Gasteiger partial charge in [-0.3, -0.25) is 14.6 Å². The number of aromatic nitrogens is 4. The zero-order valence-corrected chi connectivity index (χ0v) is 13.2. The second kappa shape index (κ2) is 6.34. The lowest BCUT2D eigenvalue weighted by atomic mass is 9.94. The molecule has 1 atom stereocenters. The van der Waals surface area contributed by atoms with Crippen LogP contribution in [0.2, 0.25) is 0 Å². The van der Waals surface area contributed by atoms with E-state index >= 15 is 0 Å². The first-order valence-electron chi connectivity index (χ1n) is 7.89. The Balaban J connectivity index is 1.56. The number of piperidine rings is 1. The van der Waals surface area contributed by atoms with E-state index in [4.69, 9.17) is 0 Å². The molecule has 6 nitrogen and oxygen atoms in total. The Bertz CT molecular complexity index is 631. The van der Waals surface area contributed by atoms with E-state index in [0.717, 1.165) is 49.3 Å². The van der Waals surface area contributed by atoms with Crippen LogP contribution < -0.4 is 0 Å². The summed E-state index contributed by atoms with van der Waals surface area (Å²) in [5.74, 6) is 0.632. The molecule has 1 fully saturated rings. The maximum absolute atomic E-state index is 12.5. The molecule has 3 rings (SSSR count). The van der Waals surface area contributed by atoms with Gasteiger partial charge in [0.05, 0.1) is 5.69 Å². The van der Waals surface area contributed by atoms with Crippen molar-refractivity contribution in [3.8, 4) is 0 Å². The topological polar surface area (TPSA) is 66.8 Å². The molecule has 1 aliphatic heterocycles. The molecule has 0 aliphatic carbocycles. The molecule has 2 aromatic heterocycles. The van der Waals surface area contributed by atoms with Gasteiger partial charge in [-0.25, -0.2) is 0 Å². The lowest BCUT2D eigenvalue weighted by Crippen LogP contribution is -2.39. The van der Waals surface area contributed by atoms with Crippen LogP contribution in [0.4, 0.5) is 0 Å². The first-order chi connectivity index (χ1) is 10.6. The molecule has 6 heteroatoms. The van der Waals surface area contributed by atoms with E-state index in [1.165, 1.54) is 0 Å². The van der Waals surface area contributed by atoms with Gasteiger partial charge in [0, 0.05) is 50.6 Å². The summed E-state index contributed by atoms with van der Waals surface area (Å²) in [4.78, 5) is 14.5. The fraction of sp³-hybridized carbons (Fsp3) is 0.562. The number of nitrogens with one attached hydrogen (secondary N) is 1. The normalized spacial score (nSPS) is 18.6. The first kappa shape index (κ1) is 14.8. The van der Waals surface area contributed by atoms with E-state index in [2.05, 4.69) is 15.3 Å². The number of hydrogen-bond acceptors (Lipinski definition) is 3. The van der Waals surface area contributed by atoms with Crippen molar-refractivity contribution in [3.05, 3.63) is 35.4 Å². The van der Waals surface area contributed by atoms with Gasteiger partial charge in [-0.05, 0) is 37.8 Å². The molecule has 1 N–H and O–H groups in total. The molecular formula is C16H23N5O. The Kier molecular flexibility index (Phi) is 4.27. The third kappa shape index (κ3) is 3.21. The van der Waals surface area contributed by atoms with Crippen LogP contribution in [0.25, 0.3) is 0 Å². The van der Waals surface area contributed by atoms with Crippen molar-refractivity contribution in [3.63, 3.8) is 0 Å². The van der Waals surface area contributed by atoms with Crippen LogP contribution in [0.5, 0.6) is 0 Å². The minimum atomic E-state index is 0.243. The number of hydrogen-bond donors (Lipinski definition) is 1. The highest BCUT2D eigenvalue weighted by Gasteiger charge is 2.25. The Labute approximate surface area is 130 Å². The second-order valence-electron chi connectivity index (χ2n) is 6.10. The molecule has 118 valence electrons. The molecule has 22 heavy (non-hydrogen) atoms. The number of carbonyl (C=O) groups is 1. The predicted octanol–water partition coefficient (Wildman–Crippen LogP) is 1.79. The molecule has 0 saturated carbocycles. The van der Waals surface area contributed by atoms with Crippen LogP contribution >= 0.6 is 0 Å². The monoisotopic (exact) mass is 301 g/mol. The summed E-state index contributed by atoms with van der Waals surface area (Å²) in [6.45, 7) is 3.66. The van der Waals surface area contributed by atoms with Gasteiger partial charge in [-0.1, -0.05) is 0 Å². The van der Waals surface area contributed by atoms with Crippen molar-refractivity contribution >= 4 is 5.91 Å². The van der Waals surface area contributed by atoms with Gasteiger partial charge in [-0.15, -0.1) is 0 Å². The predicted molar refractivity (Wildman–Crippen MR) is 83.4 cm³/mol. The van der Waals surface area contributed by atoms with E-state index in [1.54, 1.807) is 6.20 Å². The van der Waals surface area contributed by atoms with Gasteiger partial charge in [0.2, 0.25) is 5.91 Å². The summed E-state index contributed by atoms with van der Waals surface area (Å²) in [6.07, 6.45) is 7.29. The Morgan fingerprint density at radius 1 is 1.50 bits per heavy atom. The highest BCUT2D eigenvalue weighted by molar-refractivity contribution is 5.76. The molecule has 1 amide bonds. The van der Waals surface area contributed by atoms with E-state index in [9.17, 15) is 4.79 Å². The van der Waals surface area contributed by atoms with Gasteiger partial charge in [0.25, 0.3) is 0 Å². The van der Waals surface area contributed by atoms with Crippen molar-refractivity contribution in [1.29, 1.82) is 0 Å². The Hall–Kier alpha value is -2.11. The number of carbonyl (C=O) groups excluding carboxylic acids is 1. The van der Waals surface area contributed by atoms with Crippen LogP contribution in [0.1, 0.15) is 42.1 Å². The lowest BCUT2D eigenvalue weighted by molar-refractivity contribution is -0.132. The van der Waals surface area contributed by atoms with Crippen molar-refractivity contribution < 1.29 is 4.79 Å². The zero-order chi connectivity index (χ0) is 15.5. The van der Waals surface area contributed by atoms with Gasteiger partial charge >= 0.3 is 0 Å². The van der Waals surface area contributed by atoms with E-state index in [1.807, 2.05) is 35.8 Å². The summed E-state index contributed by atoms with van der Waals surface area (Å²) < 4.78 is 1.81. The van der Waals surface area contributed by atoms with Crippen molar-refractivity contribution in [2.24, 2.45) is 7.05 Å². The third-order valence-corrected chi connectivity index (χ3v) is 4.46. The van der Waals surface area contributed by atoms with Crippen LogP contribution in [-0.2, 0) is 18.3 Å². The molecule has 2 aromatic rings. The maximum Gasteiger partial charge on any atom is 0.222 e. The van der Waals surface area contributed by atoms with Gasteiger partial charge in [-0.2, -0.15) is 10.2 Å². The zero-order valence-electron chi connectivity index (χ0n) is 13.2. The maximum atomic E-state index is 12.5. The fourth-order valence-corrected chi connectivity index (χ4v) is 3.25. The number of rotatable bonds is 4. The average molecular weight is 301 g/mol. The number of likely N-dealkylation sites (tertiary alicyclic amines) is 1. The van der Waals surface area contributed by atoms with Gasteiger partial charge in [0.15, 0.2) is 0 Å². The van der Waals surface area contributed by atoms with Crippen LogP contribution in [0.3, 0.4) is 0 Å². The lowest BCUT2D eigenvalue weighted by Gasteiger charge is -2.32. The van der Waals surface area contributed by atoms with E-state index in [0.29, 0.717) is 12.3 Å². The molecule has 1 saturated heterocycles. The number of aryl methyl sites for hydroxylation is 3. The van der Waals surface area contributed by atoms with Gasteiger partial charge < -0.3 is 4.90 Å². The summed E-state index contributed by atoms with van der Waals surface area (Å²) in [5, 5.41) is 11.4. The van der Waals surface area contributed by atoms with Crippen molar-refractivity contribution in [2.45, 2.75) is 38.5 Å². The molecule has 0 radical (unpaired) electrons. The SMILES string of the molecule is Cc1nn(C)cc1CCC(=O)N1CCC[C@H](c2ccn[nH]2)C1. The molecule has 0 unspecified atom stereocenters.